The van der Waals surface area contributed by atoms with Crippen LogP contribution in [0.5, 0.6) is 0 Å². The third-order valence-corrected chi connectivity index (χ3v) is 2.93. The largest absolute Gasteiger partial charge is 0.299 e. The van der Waals surface area contributed by atoms with Crippen LogP contribution in [0.15, 0.2) is 18.2 Å². The van der Waals surface area contributed by atoms with Crippen molar-refractivity contribution in [1.29, 1.82) is 0 Å². The molecule has 1 nitrogen and oxygen atoms in total. The minimum absolute atomic E-state index is 0.0769. The molecule has 1 fully saturated rings. The normalized spacial score (nSPS) is 21.4. The van der Waals surface area contributed by atoms with Crippen molar-refractivity contribution in [3.63, 3.8) is 0 Å². The first kappa shape index (κ1) is 8.76. The molecule has 0 amide bonds. The van der Waals surface area contributed by atoms with Gasteiger partial charge >= 0.3 is 0 Å². The molecule has 2 heteroatoms. The summed E-state index contributed by atoms with van der Waals surface area (Å²) in [5, 5.41) is 0.734. The topological polar surface area (TPSA) is 17.1 Å². The maximum Gasteiger partial charge on any atom is 0.140 e. The molecule has 1 aromatic rings. The maximum absolute atomic E-state index is 11.2. The van der Waals surface area contributed by atoms with E-state index in [4.69, 9.17) is 11.6 Å². The number of aryl methyl sites for hydroxylation is 1. The smallest absolute Gasteiger partial charge is 0.140 e. The zero-order chi connectivity index (χ0) is 9.42. The number of hydrogen-bond acceptors (Lipinski definition) is 1. The first-order valence-corrected chi connectivity index (χ1v) is 4.85. The Hall–Kier alpha value is -0.820. The van der Waals surface area contributed by atoms with Gasteiger partial charge in [0.15, 0.2) is 0 Å². The zero-order valence-electron chi connectivity index (χ0n) is 7.51. The van der Waals surface area contributed by atoms with Gasteiger partial charge in [0.2, 0.25) is 0 Å². The molecule has 0 bridgehead atoms. The second-order valence-corrected chi connectivity index (χ2v) is 3.99. The first-order chi connectivity index (χ1) is 6.18. The summed E-state index contributed by atoms with van der Waals surface area (Å²) in [6.45, 7) is 2.00. The van der Waals surface area contributed by atoms with Gasteiger partial charge in [-0.25, -0.2) is 0 Å². The predicted octanol–water partition coefficient (Wildman–Crippen LogP) is 3.09. The minimum Gasteiger partial charge on any atom is -0.299 e. The van der Waals surface area contributed by atoms with Crippen LogP contribution in [0.2, 0.25) is 5.02 Å². The molecular weight excluding hydrogens is 184 g/mol. The number of halogens is 1. The highest BCUT2D eigenvalue weighted by Crippen LogP contribution is 2.36. The lowest BCUT2D eigenvalue weighted by Gasteiger charge is -2.25. The summed E-state index contributed by atoms with van der Waals surface area (Å²) >= 11 is 6.05. The van der Waals surface area contributed by atoms with Gasteiger partial charge in [-0.05, 0) is 30.5 Å². The van der Waals surface area contributed by atoms with Crippen LogP contribution >= 0.6 is 11.6 Å². The second kappa shape index (κ2) is 3.15. The fraction of sp³-hybridized carbons (Fsp3) is 0.364. The molecule has 68 valence electrons. The van der Waals surface area contributed by atoms with E-state index in [2.05, 4.69) is 0 Å². The summed E-state index contributed by atoms with van der Waals surface area (Å²) in [5.74, 6) is 0.402. The molecule has 0 saturated heterocycles. The van der Waals surface area contributed by atoms with Gasteiger partial charge in [0.05, 0.1) is 0 Å². The molecule has 1 aromatic carbocycles. The van der Waals surface area contributed by atoms with Crippen LogP contribution in [0.3, 0.4) is 0 Å². The van der Waals surface area contributed by atoms with Crippen LogP contribution in [0.1, 0.15) is 29.9 Å². The molecule has 2 rings (SSSR count). The van der Waals surface area contributed by atoms with Gasteiger partial charge in [-0.1, -0.05) is 23.7 Å². The van der Waals surface area contributed by atoms with Crippen molar-refractivity contribution in [2.24, 2.45) is 0 Å². The highest BCUT2D eigenvalue weighted by Gasteiger charge is 2.30. The van der Waals surface area contributed by atoms with Gasteiger partial charge < -0.3 is 0 Å². The van der Waals surface area contributed by atoms with E-state index in [-0.39, 0.29) is 5.92 Å². The number of carbonyl (C=O) groups is 1. The average Bonchev–Trinajstić information content (AvgIpc) is 2.07. The molecular formula is C11H11ClO. The van der Waals surface area contributed by atoms with Crippen molar-refractivity contribution in [3.8, 4) is 0 Å². The zero-order valence-corrected chi connectivity index (χ0v) is 8.27. The van der Waals surface area contributed by atoms with Gasteiger partial charge in [-0.15, -0.1) is 0 Å². The summed E-state index contributed by atoms with van der Waals surface area (Å²) in [5.41, 5.74) is 2.14. The standard InChI is InChI=1S/C11H11ClO/c1-7-2-3-8(10(12)6-7)9-4-5-11(9)13/h2-3,6,9H,4-5H2,1H3/t9-/m1/s1. The molecule has 1 atom stereocenters. The van der Waals surface area contributed by atoms with Crippen LogP contribution in [0.25, 0.3) is 0 Å². The number of ketones is 1. The van der Waals surface area contributed by atoms with E-state index in [1.165, 1.54) is 0 Å². The van der Waals surface area contributed by atoms with E-state index in [0.717, 1.165) is 29.0 Å². The number of Topliss-reactive ketones (excluding diaryl/α,β-unsaturated/α-hetero) is 1. The van der Waals surface area contributed by atoms with E-state index in [9.17, 15) is 4.79 Å². The van der Waals surface area contributed by atoms with Crippen molar-refractivity contribution < 1.29 is 4.79 Å². The third-order valence-electron chi connectivity index (χ3n) is 2.60. The maximum atomic E-state index is 11.2. The number of rotatable bonds is 1. The number of hydrogen-bond donors (Lipinski definition) is 0. The van der Waals surface area contributed by atoms with Gasteiger partial charge in [0.25, 0.3) is 0 Å². The fourth-order valence-corrected chi connectivity index (χ4v) is 2.02. The Balaban J connectivity index is 2.35. The van der Waals surface area contributed by atoms with Crippen LogP contribution in [0, 0.1) is 6.92 Å². The van der Waals surface area contributed by atoms with Crippen LogP contribution in [0.4, 0.5) is 0 Å². The summed E-state index contributed by atoms with van der Waals surface area (Å²) in [4.78, 5) is 11.2. The Labute approximate surface area is 82.7 Å². The summed E-state index contributed by atoms with van der Waals surface area (Å²) in [7, 11) is 0. The SMILES string of the molecule is Cc1ccc([C@H]2CCC2=O)c(Cl)c1. The van der Waals surface area contributed by atoms with Gasteiger partial charge in [0, 0.05) is 17.4 Å². The van der Waals surface area contributed by atoms with Gasteiger partial charge in [-0.2, -0.15) is 0 Å². The van der Waals surface area contributed by atoms with E-state index in [0.29, 0.717) is 5.78 Å². The first-order valence-electron chi connectivity index (χ1n) is 4.47. The molecule has 1 saturated carbocycles. The molecule has 0 heterocycles. The van der Waals surface area contributed by atoms with Crippen LogP contribution < -0.4 is 0 Å². The molecule has 0 aromatic heterocycles. The van der Waals surface area contributed by atoms with Crippen molar-refractivity contribution in [2.45, 2.75) is 25.7 Å². The Morgan fingerprint density at radius 3 is 2.69 bits per heavy atom. The second-order valence-electron chi connectivity index (χ2n) is 3.58. The van der Waals surface area contributed by atoms with E-state index >= 15 is 0 Å². The van der Waals surface area contributed by atoms with E-state index in [1.807, 2.05) is 25.1 Å². The molecule has 0 radical (unpaired) electrons. The van der Waals surface area contributed by atoms with Crippen molar-refractivity contribution >= 4 is 17.4 Å². The van der Waals surface area contributed by atoms with Crippen molar-refractivity contribution in [2.75, 3.05) is 0 Å². The molecule has 1 aliphatic carbocycles. The predicted molar refractivity (Wildman–Crippen MR) is 53.2 cm³/mol. The quantitative estimate of drug-likeness (QED) is 0.672. The highest BCUT2D eigenvalue weighted by atomic mass is 35.5. The third kappa shape index (κ3) is 1.49. The molecule has 13 heavy (non-hydrogen) atoms. The monoisotopic (exact) mass is 194 g/mol. The minimum atomic E-state index is 0.0769. The van der Waals surface area contributed by atoms with E-state index in [1.54, 1.807) is 0 Å². The summed E-state index contributed by atoms with van der Waals surface area (Å²) in [6.07, 6.45) is 1.68. The van der Waals surface area contributed by atoms with Crippen molar-refractivity contribution in [3.05, 3.63) is 34.3 Å². The number of benzene rings is 1. The molecule has 0 spiro atoms. The van der Waals surface area contributed by atoms with Crippen molar-refractivity contribution in [1.82, 2.24) is 0 Å². The Kier molecular flexibility index (Phi) is 2.12. The Morgan fingerprint density at radius 1 is 1.46 bits per heavy atom. The lowest BCUT2D eigenvalue weighted by molar-refractivity contribution is -0.125. The molecule has 1 aliphatic rings. The fourth-order valence-electron chi connectivity index (χ4n) is 1.65. The molecule has 0 aliphatic heterocycles. The lowest BCUT2D eigenvalue weighted by atomic mass is 9.78. The van der Waals surface area contributed by atoms with Crippen LogP contribution in [-0.4, -0.2) is 5.78 Å². The molecule has 0 unspecified atom stereocenters. The summed E-state index contributed by atoms with van der Waals surface area (Å²) in [6, 6.07) is 5.90. The lowest BCUT2D eigenvalue weighted by Crippen LogP contribution is -2.23. The van der Waals surface area contributed by atoms with Gasteiger partial charge in [0.1, 0.15) is 5.78 Å². The van der Waals surface area contributed by atoms with Crippen LogP contribution in [-0.2, 0) is 4.79 Å². The van der Waals surface area contributed by atoms with Gasteiger partial charge in [-0.3, -0.25) is 4.79 Å². The Morgan fingerprint density at radius 2 is 2.23 bits per heavy atom. The Bertz CT molecular complexity index is 357. The highest BCUT2D eigenvalue weighted by molar-refractivity contribution is 6.31. The van der Waals surface area contributed by atoms with E-state index < -0.39 is 0 Å². The average molecular weight is 195 g/mol. The number of carbonyl (C=O) groups excluding carboxylic acids is 1. The molecule has 0 N–H and O–H groups in total. The summed E-state index contributed by atoms with van der Waals surface area (Å²) < 4.78 is 0.